The van der Waals surface area contributed by atoms with E-state index in [4.69, 9.17) is 4.74 Å². The molecule has 1 aromatic heterocycles. The molecule has 0 radical (unpaired) electrons. The van der Waals surface area contributed by atoms with Crippen molar-refractivity contribution < 1.29 is 9.53 Å². The van der Waals surface area contributed by atoms with Gasteiger partial charge in [-0.3, -0.25) is 4.79 Å². The van der Waals surface area contributed by atoms with Crippen molar-refractivity contribution in [2.45, 2.75) is 59.1 Å². The number of hydrogen-bond acceptors (Lipinski definition) is 2. The summed E-state index contributed by atoms with van der Waals surface area (Å²) >= 11 is 0. The zero-order valence-corrected chi connectivity index (χ0v) is 15.4. The van der Waals surface area contributed by atoms with Crippen LogP contribution in [0.4, 0.5) is 0 Å². The molecule has 0 bridgehead atoms. The number of aryl methyl sites for hydroxylation is 2. The van der Waals surface area contributed by atoms with Gasteiger partial charge in [0.2, 0.25) is 5.91 Å². The summed E-state index contributed by atoms with van der Waals surface area (Å²) in [7, 11) is 0. The molecule has 2 rings (SSSR count). The first kappa shape index (κ1) is 18.5. The molecule has 0 aliphatic carbocycles. The molecular weight excluding hydrogens is 300 g/mol. The van der Waals surface area contributed by atoms with E-state index in [1.165, 1.54) is 16.6 Å². The largest absolute Gasteiger partial charge is 0.376 e. The molecule has 0 saturated heterocycles. The fourth-order valence-electron chi connectivity index (χ4n) is 3.09. The highest BCUT2D eigenvalue weighted by Crippen LogP contribution is 2.20. The average molecular weight is 330 g/mol. The summed E-state index contributed by atoms with van der Waals surface area (Å²) in [6, 6.07) is 10.6. The number of carbonyl (C=O) groups excluding carboxylic acids is 1. The minimum Gasteiger partial charge on any atom is -0.376 e. The quantitative estimate of drug-likeness (QED) is 0.757. The molecule has 0 unspecified atom stereocenters. The number of fused-ring (bicyclic) bond motifs is 1. The summed E-state index contributed by atoms with van der Waals surface area (Å²) in [6.45, 7) is 10.3. The van der Waals surface area contributed by atoms with Gasteiger partial charge in [-0.05, 0) is 51.1 Å². The smallest absolute Gasteiger partial charge is 0.221 e. The van der Waals surface area contributed by atoms with E-state index < -0.39 is 0 Å². The third-order valence-corrected chi connectivity index (χ3v) is 4.41. The number of para-hydroxylation sites is 1. The van der Waals surface area contributed by atoms with E-state index in [0.29, 0.717) is 19.6 Å². The Labute approximate surface area is 145 Å². The molecule has 1 aromatic carbocycles. The van der Waals surface area contributed by atoms with Gasteiger partial charge in [-0.1, -0.05) is 25.1 Å². The number of amides is 1. The van der Waals surface area contributed by atoms with Gasteiger partial charge in [0.05, 0.1) is 5.60 Å². The van der Waals surface area contributed by atoms with Crippen molar-refractivity contribution in [3.05, 3.63) is 36.0 Å². The fourth-order valence-corrected chi connectivity index (χ4v) is 3.09. The third kappa shape index (κ3) is 4.84. The van der Waals surface area contributed by atoms with Gasteiger partial charge in [-0.15, -0.1) is 0 Å². The molecule has 0 fully saturated rings. The number of rotatable bonds is 9. The zero-order valence-electron chi connectivity index (χ0n) is 15.4. The fraction of sp³-hybridized carbons (Fsp3) is 0.550. The van der Waals surface area contributed by atoms with Crippen molar-refractivity contribution in [2.75, 3.05) is 13.2 Å². The highest BCUT2D eigenvalue weighted by molar-refractivity contribution is 5.82. The Balaban J connectivity index is 1.88. The van der Waals surface area contributed by atoms with E-state index in [2.05, 4.69) is 54.9 Å². The molecule has 1 N–H and O–H groups in total. The highest BCUT2D eigenvalue weighted by Gasteiger charge is 2.17. The van der Waals surface area contributed by atoms with Gasteiger partial charge < -0.3 is 14.6 Å². The summed E-state index contributed by atoms with van der Waals surface area (Å²) in [4.78, 5) is 12.2. The molecule has 1 heterocycles. The Hall–Kier alpha value is -1.81. The molecule has 24 heavy (non-hydrogen) atoms. The van der Waals surface area contributed by atoms with E-state index in [9.17, 15) is 4.79 Å². The van der Waals surface area contributed by atoms with Crippen LogP contribution in [0.2, 0.25) is 0 Å². The predicted octanol–water partition coefficient (Wildman–Crippen LogP) is 3.92. The Morgan fingerprint density at radius 1 is 1.25 bits per heavy atom. The van der Waals surface area contributed by atoms with E-state index >= 15 is 0 Å². The Bertz CT molecular complexity index is 673. The highest BCUT2D eigenvalue weighted by atomic mass is 16.5. The number of aromatic nitrogens is 1. The van der Waals surface area contributed by atoms with Crippen LogP contribution in [0.15, 0.2) is 30.3 Å². The Kier molecular flexibility index (Phi) is 6.44. The van der Waals surface area contributed by atoms with Crippen molar-refractivity contribution in [2.24, 2.45) is 0 Å². The second-order valence-corrected chi connectivity index (χ2v) is 6.74. The SMILES string of the molecule is CCOC(C)(C)CCNC(=O)CCn1c(CC)cc2ccccc21. The lowest BCUT2D eigenvalue weighted by Gasteiger charge is -2.24. The van der Waals surface area contributed by atoms with Crippen molar-refractivity contribution in [3.63, 3.8) is 0 Å². The van der Waals surface area contributed by atoms with Gasteiger partial charge in [-0.2, -0.15) is 0 Å². The average Bonchev–Trinajstić information content (AvgIpc) is 2.90. The maximum absolute atomic E-state index is 12.2. The molecule has 4 nitrogen and oxygen atoms in total. The van der Waals surface area contributed by atoms with Gasteiger partial charge in [0.25, 0.3) is 0 Å². The van der Waals surface area contributed by atoms with Crippen LogP contribution in [0, 0.1) is 0 Å². The van der Waals surface area contributed by atoms with E-state index in [-0.39, 0.29) is 11.5 Å². The molecule has 0 aliphatic rings. The second-order valence-electron chi connectivity index (χ2n) is 6.74. The number of ether oxygens (including phenoxy) is 1. The van der Waals surface area contributed by atoms with Gasteiger partial charge in [-0.25, -0.2) is 0 Å². The molecule has 0 atom stereocenters. The van der Waals surface area contributed by atoms with Gasteiger partial charge in [0, 0.05) is 37.3 Å². The first-order chi connectivity index (χ1) is 11.5. The lowest BCUT2D eigenvalue weighted by Crippen LogP contribution is -2.33. The van der Waals surface area contributed by atoms with Crippen LogP contribution < -0.4 is 5.32 Å². The summed E-state index contributed by atoms with van der Waals surface area (Å²) in [5.41, 5.74) is 2.30. The van der Waals surface area contributed by atoms with Gasteiger partial charge >= 0.3 is 0 Å². The van der Waals surface area contributed by atoms with Crippen molar-refractivity contribution in [1.29, 1.82) is 0 Å². The monoisotopic (exact) mass is 330 g/mol. The minimum atomic E-state index is -0.186. The molecule has 132 valence electrons. The molecular formula is C20H30N2O2. The normalized spacial score (nSPS) is 11.8. The maximum atomic E-state index is 12.2. The number of benzene rings is 1. The summed E-state index contributed by atoms with van der Waals surface area (Å²) in [6.07, 6.45) is 2.29. The van der Waals surface area contributed by atoms with Crippen LogP contribution in [0.5, 0.6) is 0 Å². The van der Waals surface area contributed by atoms with Crippen LogP contribution >= 0.6 is 0 Å². The first-order valence-corrected chi connectivity index (χ1v) is 8.94. The summed E-state index contributed by atoms with van der Waals surface area (Å²) < 4.78 is 7.92. The first-order valence-electron chi connectivity index (χ1n) is 8.94. The molecule has 0 spiro atoms. The lowest BCUT2D eigenvalue weighted by molar-refractivity contribution is -0.121. The maximum Gasteiger partial charge on any atom is 0.221 e. The van der Waals surface area contributed by atoms with E-state index in [0.717, 1.165) is 19.4 Å². The van der Waals surface area contributed by atoms with E-state index in [1.807, 2.05) is 13.0 Å². The van der Waals surface area contributed by atoms with Gasteiger partial charge in [0.1, 0.15) is 0 Å². The molecule has 0 aliphatic heterocycles. The van der Waals surface area contributed by atoms with E-state index in [1.54, 1.807) is 0 Å². The van der Waals surface area contributed by atoms with Crippen molar-refractivity contribution in [3.8, 4) is 0 Å². The van der Waals surface area contributed by atoms with Crippen LogP contribution in [0.1, 0.15) is 46.2 Å². The van der Waals surface area contributed by atoms with Crippen molar-refractivity contribution in [1.82, 2.24) is 9.88 Å². The number of nitrogens with one attached hydrogen (secondary N) is 1. The molecule has 4 heteroatoms. The minimum absolute atomic E-state index is 0.0992. The number of hydrogen-bond donors (Lipinski definition) is 1. The lowest BCUT2D eigenvalue weighted by atomic mass is 10.1. The summed E-state index contributed by atoms with van der Waals surface area (Å²) in [5, 5.41) is 4.26. The van der Waals surface area contributed by atoms with Gasteiger partial charge in [0.15, 0.2) is 0 Å². The third-order valence-electron chi connectivity index (χ3n) is 4.41. The number of carbonyl (C=O) groups is 1. The predicted molar refractivity (Wildman–Crippen MR) is 99.3 cm³/mol. The van der Waals surface area contributed by atoms with Crippen LogP contribution in [0.25, 0.3) is 10.9 Å². The second kappa shape index (κ2) is 8.34. The molecule has 0 saturated carbocycles. The van der Waals surface area contributed by atoms with Crippen LogP contribution in [-0.4, -0.2) is 29.2 Å². The number of nitrogens with zero attached hydrogens (tertiary/aromatic N) is 1. The Morgan fingerprint density at radius 3 is 2.71 bits per heavy atom. The molecule has 1 amide bonds. The topological polar surface area (TPSA) is 43.3 Å². The van der Waals surface area contributed by atoms with Crippen molar-refractivity contribution >= 4 is 16.8 Å². The molecule has 2 aromatic rings. The van der Waals surface area contributed by atoms with Crippen LogP contribution in [-0.2, 0) is 22.5 Å². The summed E-state index contributed by atoms with van der Waals surface area (Å²) in [5.74, 6) is 0.0992. The zero-order chi connectivity index (χ0) is 17.6. The Morgan fingerprint density at radius 2 is 2.00 bits per heavy atom. The van der Waals surface area contributed by atoms with Crippen LogP contribution in [0.3, 0.4) is 0 Å². The standard InChI is InChI=1S/C20H30N2O2/c1-5-17-15-16-9-7-8-10-18(16)22(17)14-11-19(23)21-13-12-20(3,4)24-6-2/h7-10,15H,5-6,11-14H2,1-4H3,(H,21,23).